The number of ether oxygens (including phenoxy) is 2. The molecule has 0 aliphatic carbocycles. The predicted octanol–water partition coefficient (Wildman–Crippen LogP) is 0.347. The van der Waals surface area contributed by atoms with Crippen LogP contribution in [0.1, 0.15) is 6.92 Å². The molecule has 0 spiro atoms. The standard InChI is InChI=1S/C8H15O4P/c1-4-6(9)7(12-13-2)5-3-10-8(4)11-5/h4-9,13H,3H2,1-2H3/t4-,5?,6?,7-,8-/m0/s1. The second-order valence-electron chi connectivity index (χ2n) is 3.51. The lowest BCUT2D eigenvalue weighted by atomic mass is 9.94. The first-order valence-corrected chi connectivity index (χ1v) is 5.92. The lowest BCUT2D eigenvalue weighted by Gasteiger charge is -2.35. The van der Waals surface area contributed by atoms with Crippen molar-refractivity contribution in [2.45, 2.75) is 31.5 Å². The van der Waals surface area contributed by atoms with Gasteiger partial charge in [0.05, 0.1) is 12.7 Å². The van der Waals surface area contributed by atoms with Gasteiger partial charge in [0.15, 0.2) is 6.29 Å². The average molecular weight is 206 g/mol. The molecule has 2 aliphatic heterocycles. The van der Waals surface area contributed by atoms with E-state index in [4.69, 9.17) is 14.0 Å². The molecule has 2 aliphatic rings. The van der Waals surface area contributed by atoms with Gasteiger partial charge in [0.2, 0.25) is 0 Å². The first-order valence-electron chi connectivity index (χ1n) is 4.51. The van der Waals surface area contributed by atoms with E-state index in [0.29, 0.717) is 15.4 Å². The predicted molar refractivity (Wildman–Crippen MR) is 48.9 cm³/mol. The normalized spacial score (nSPS) is 50.5. The van der Waals surface area contributed by atoms with Crippen molar-refractivity contribution >= 4 is 8.81 Å². The highest BCUT2D eigenvalue weighted by Crippen LogP contribution is 2.35. The van der Waals surface area contributed by atoms with Crippen LogP contribution in [0.2, 0.25) is 0 Å². The SMILES string of the molecule is CPO[C@H]1C2CO[C@@H](O2)[C@@H](C)C1O. The van der Waals surface area contributed by atoms with E-state index < -0.39 is 6.10 Å². The summed E-state index contributed by atoms with van der Waals surface area (Å²) in [6, 6.07) is 0. The fraction of sp³-hybridized carbons (Fsp3) is 1.00. The van der Waals surface area contributed by atoms with Gasteiger partial charge in [0, 0.05) is 14.7 Å². The number of aliphatic hydroxyl groups is 1. The first kappa shape index (κ1) is 9.81. The Labute approximate surface area is 79.4 Å². The molecular formula is C8H15O4P. The van der Waals surface area contributed by atoms with Crippen LogP contribution in [0, 0.1) is 5.92 Å². The molecule has 0 aromatic rings. The maximum atomic E-state index is 9.87. The summed E-state index contributed by atoms with van der Waals surface area (Å²) >= 11 is 0. The summed E-state index contributed by atoms with van der Waals surface area (Å²) in [4.78, 5) is 0. The Morgan fingerprint density at radius 1 is 1.54 bits per heavy atom. The summed E-state index contributed by atoms with van der Waals surface area (Å²) < 4.78 is 16.4. The van der Waals surface area contributed by atoms with Crippen LogP contribution >= 0.6 is 8.81 Å². The van der Waals surface area contributed by atoms with E-state index >= 15 is 0 Å². The highest BCUT2D eigenvalue weighted by atomic mass is 31.1. The van der Waals surface area contributed by atoms with E-state index in [0.717, 1.165) is 0 Å². The molecule has 2 rings (SSSR count). The van der Waals surface area contributed by atoms with Gasteiger partial charge in [0.25, 0.3) is 0 Å². The first-order chi connectivity index (χ1) is 6.24. The van der Waals surface area contributed by atoms with Crippen molar-refractivity contribution < 1.29 is 19.1 Å². The molecule has 5 heteroatoms. The van der Waals surface area contributed by atoms with Crippen molar-refractivity contribution in [3.05, 3.63) is 0 Å². The smallest absolute Gasteiger partial charge is 0.163 e. The largest absolute Gasteiger partial charge is 0.390 e. The van der Waals surface area contributed by atoms with Crippen LogP contribution in [-0.2, 0) is 14.0 Å². The van der Waals surface area contributed by atoms with Gasteiger partial charge in [-0.3, -0.25) is 0 Å². The summed E-state index contributed by atoms with van der Waals surface area (Å²) in [6.45, 7) is 4.41. The van der Waals surface area contributed by atoms with E-state index in [1.54, 1.807) is 0 Å². The topological polar surface area (TPSA) is 47.9 Å². The van der Waals surface area contributed by atoms with Crippen molar-refractivity contribution in [3.63, 3.8) is 0 Å². The third-order valence-corrected chi connectivity index (χ3v) is 3.17. The van der Waals surface area contributed by atoms with Crippen LogP contribution in [0.5, 0.6) is 0 Å². The van der Waals surface area contributed by atoms with Crippen molar-refractivity contribution in [1.29, 1.82) is 0 Å². The molecule has 0 amide bonds. The maximum Gasteiger partial charge on any atom is 0.163 e. The fourth-order valence-corrected chi connectivity index (χ4v) is 2.41. The van der Waals surface area contributed by atoms with Crippen molar-refractivity contribution in [2.75, 3.05) is 13.3 Å². The van der Waals surface area contributed by atoms with Gasteiger partial charge in [-0.25, -0.2) is 0 Å². The number of fused-ring (bicyclic) bond motifs is 2. The van der Waals surface area contributed by atoms with Crippen LogP contribution in [-0.4, -0.2) is 43.0 Å². The molecule has 4 nitrogen and oxygen atoms in total. The van der Waals surface area contributed by atoms with Gasteiger partial charge in [-0.15, -0.1) is 0 Å². The Kier molecular flexibility index (Phi) is 2.86. The van der Waals surface area contributed by atoms with Crippen LogP contribution < -0.4 is 0 Å². The van der Waals surface area contributed by atoms with E-state index in [9.17, 15) is 5.11 Å². The highest BCUT2D eigenvalue weighted by Gasteiger charge is 2.48. The Balaban J connectivity index is 2.08. The number of rotatable bonds is 2. The average Bonchev–Trinajstić information content (AvgIpc) is 2.56. The molecule has 13 heavy (non-hydrogen) atoms. The maximum absolute atomic E-state index is 9.87. The zero-order valence-corrected chi connectivity index (χ0v) is 8.77. The van der Waals surface area contributed by atoms with E-state index in [1.165, 1.54) is 0 Å². The second kappa shape index (κ2) is 3.79. The minimum absolute atomic E-state index is 0.0000926. The molecule has 3 unspecified atom stereocenters. The van der Waals surface area contributed by atoms with E-state index in [-0.39, 0.29) is 24.4 Å². The van der Waals surface area contributed by atoms with Crippen LogP contribution in [0.4, 0.5) is 0 Å². The van der Waals surface area contributed by atoms with Crippen molar-refractivity contribution in [2.24, 2.45) is 5.92 Å². The summed E-state index contributed by atoms with van der Waals surface area (Å²) in [5, 5.41) is 9.87. The molecule has 6 atom stereocenters. The van der Waals surface area contributed by atoms with Crippen molar-refractivity contribution in [1.82, 2.24) is 0 Å². The minimum atomic E-state index is -0.460. The van der Waals surface area contributed by atoms with Gasteiger partial charge in [-0.05, 0) is 6.66 Å². The second-order valence-corrected chi connectivity index (χ2v) is 4.16. The molecule has 2 fully saturated rings. The van der Waals surface area contributed by atoms with Gasteiger partial charge in [-0.2, -0.15) is 0 Å². The van der Waals surface area contributed by atoms with Crippen LogP contribution in [0.3, 0.4) is 0 Å². The zero-order valence-electron chi connectivity index (χ0n) is 7.77. The molecule has 0 radical (unpaired) electrons. The Hall–Kier alpha value is 0.270. The Bertz CT molecular complexity index is 189. The molecule has 0 aromatic heterocycles. The number of aliphatic hydroxyl groups excluding tert-OH is 1. The molecule has 76 valence electrons. The summed E-state index contributed by atoms with van der Waals surface area (Å²) in [7, 11) is 0.376. The molecule has 2 saturated heterocycles. The highest BCUT2D eigenvalue weighted by molar-refractivity contribution is 7.31. The molecule has 2 heterocycles. The van der Waals surface area contributed by atoms with Gasteiger partial charge >= 0.3 is 0 Å². The molecule has 0 saturated carbocycles. The fourth-order valence-electron chi connectivity index (χ4n) is 1.85. The lowest BCUT2D eigenvalue weighted by molar-refractivity contribution is -0.190. The van der Waals surface area contributed by atoms with Gasteiger partial charge in [0.1, 0.15) is 12.2 Å². The molecule has 1 N–H and O–H groups in total. The van der Waals surface area contributed by atoms with Gasteiger partial charge in [-0.1, -0.05) is 6.92 Å². The van der Waals surface area contributed by atoms with Crippen LogP contribution in [0.15, 0.2) is 0 Å². The van der Waals surface area contributed by atoms with Crippen molar-refractivity contribution in [3.8, 4) is 0 Å². The molecule has 0 aromatic carbocycles. The van der Waals surface area contributed by atoms with E-state index in [1.807, 2.05) is 13.6 Å². The number of hydrogen-bond donors (Lipinski definition) is 1. The van der Waals surface area contributed by atoms with Gasteiger partial charge < -0.3 is 19.1 Å². The number of hydrogen-bond acceptors (Lipinski definition) is 4. The summed E-state index contributed by atoms with van der Waals surface area (Å²) in [5.74, 6) is 0.0000926. The zero-order chi connectivity index (χ0) is 9.42. The summed E-state index contributed by atoms with van der Waals surface area (Å²) in [6.07, 6.45) is -0.987. The minimum Gasteiger partial charge on any atom is -0.390 e. The molecule has 2 bridgehead atoms. The quantitative estimate of drug-likeness (QED) is 0.662. The van der Waals surface area contributed by atoms with Crippen LogP contribution in [0.25, 0.3) is 0 Å². The monoisotopic (exact) mass is 206 g/mol. The third kappa shape index (κ3) is 1.62. The Morgan fingerprint density at radius 3 is 3.00 bits per heavy atom. The lowest BCUT2D eigenvalue weighted by Crippen LogP contribution is -2.49. The third-order valence-electron chi connectivity index (χ3n) is 2.66. The summed E-state index contributed by atoms with van der Waals surface area (Å²) in [5.41, 5.74) is 0. The Morgan fingerprint density at radius 2 is 2.31 bits per heavy atom. The van der Waals surface area contributed by atoms with E-state index in [2.05, 4.69) is 0 Å². The molecular weight excluding hydrogens is 191 g/mol.